The lowest BCUT2D eigenvalue weighted by Crippen LogP contribution is -3.16. The maximum atomic E-state index is 6.45. The third-order valence-corrected chi connectivity index (χ3v) is 8.53. The largest absolute Gasteiger partial charge is 1.00 e. The molecule has 0 saturated heterocycles. The quantitative estimate of drug-likeness (QED) is 0.0532. The van der Waals surface area contributed by atoms with E-state index in [1.165, 1.54) is 159 Å². The third kappa shape index (κ3) is 24.4. The lowest BCUT2D eigenvalue weighted by molar-refractivity contribution is -0.947. The van der Waals surface area contributed by atoms with Crippen molar-refractivity contribution < 1.29 is 38.4 Å². The van der Waals surface area contributed by atoms with Crippen LogP contribution in [0, 0.1) is 0 Å². The van der Waals surface area contributed by atoms with Gasteiger partial charge in [0, 0.05) is 13.5 Å². The van der Waals surface area contributed by atoms with Crippen molar-refractivity contribution in [3.05, 3.63) is 0 Å². The van der Waals surface area contributed by atoms with Crippen LogP contribution in [0.4, 0.5) is 0 Å². The first-order valence-corrected chi connectivity index (χ1v) is 17.0. The van der Waals surface area contributed by atoms with Crippen molar-refractivity contribution in [1.29, 1.82) is 0 Å². The molecule has 0 aromatic heterocycles. The van der Waals surface area contributed by atoms with Crippen LogP contribution in [0.1, 0.15) is 182 Å². The van der Waals surface area contributed by atoms with Gasteiger partial charge in [0.15, 0.2) is 0 Å². The van der Waals surface area contributed by atoms with Crippen molar-refractivity contribution in [2.24, 2.45) is 0 Å². The molecule has 1 N–H and O–H groups in total. The van der Waals surface area contributed by atoms with Crippen LogP contribution in [-0.4, -0.2) is 39.1 Å². The molecule has 0 aromatic rings. The Bertz CT molecular complexity index is 448. The lowest BCUT2D eigenvalue weighted by Gasteiger charge is -2.37. The van der Waals surface area contributed by atoms with Gasteiger partial charge in [0.05, 0.1) is 20.7 Å². The van der Waals surface area contributed by atoms with Crippen LogP contribution in [0.3, 0.4) is 0 Å². The number of nitrogens with one attached hydrogen (secondary N) is 1. The van der Waals surface area contributed by atoms with Gasteiger partial charge in [0.1, 0.15) is 6.10 Å². The average Bonchev–Trinajstić information content (AvgIpc) is 2.89. The van der Waals surface area contributed by atoms with E-state index in [-0.39, 0.29) is 35.8 Å². The van der Waals surface area contributed by atoms with E-state index in [9.17, 15) is 0 Å². The monoisotopic (exact) mass is 653 g/mol. The van der Waals surface area contributed by atoms with Crippen LogP contribution >= 0.6 is 0 Å². The molecule has 3 nitrogen and oxygen atoms in total. The zero-order valence-electron chi connectivity index (χ0n) is 27.2. The molecule has 0 aliphatic rings. The number of halogens is 1. The predicted octanol–water partition coefficient (Wildman–Crippen LogP) is 6.68. The van der Waals surface area contributed by atoms with Crippen LogP contribution in [0.15, 0.2) is 0 Å². The topological polar surface area (TPSA) is 22.9 Å². The van der Waals surface area contributed by atoms with E-state index in [2.05, 4.69) is 41.8 Å². The molecular weight excluding hydrogens is 581 g/mol. The molecule has 0 aliphatic heterocycles. The van der Waals surface area contributed by atoms with Gasteiger partial charge in [-0.05, 0) is 19.8 Å². The van der Waals surface area contributed by atoms with Crippen molar-refractivity contribution in [2.45, 2.75) is 194 Å². The highest BCUT2D eigenvalue weighted by atomic mass is 127. The van der Waals surface area contributed by atoms with Crippen molar-refractivity contribution in [3.63, 3.8) is 0 Å². The highest BCUT2D eigenvalue weighted by Crippen LogP contribution is 2.16. The Labute approximate surface area is 258 Å². The number of hydrogen-bond acceptors (Lipinski definition) is 2. The van der Waals surface area contributed by atoms with E-state index >= 15 is 0 Å². The van der Waals surface area contributed by atoms with Crippen molar-refractivity contribution in [1.82, 2.24) is 0 Å². The molecule has 0 aromatic carbocycles. The van der Waals surface area contributed by atoms with Crippen LogP contribution in [0.5, 0.6) is 0 Å². The number of likely N-dealkylation sites (N-methyl/N-ethyl adjacent to an activating group) is 1. The molecule has 0 rings (SSSR count). The molecule has 0 saturated carbocycles. The van der Waals surface area contributed by atoms with Gasteiger partial charge in [-0.15, -0.1) is 0 Å². The van der Waals surface area contributed by atoms with Gasteiger partial charge in [0.25, 0.3) is 0 Å². The van der Waals surface area contributed by atoms with Gasteiger partial charge in [-0.1, -0.05) is 155 Å². The van der Waals surface area contributed by atoms with E-state index in [1.54, 1.807) is 0 Å². The summed E-state index contributed by atoms with van der Waals surface area (Å²) >= 11 is 0. The normalized spacial score (nSPS) is 14.0. The molecule has 4 heteroatoms. The predicted molar refractivity (Wildman–Crippen MR) is 165 cm³/mol. The van der Waals surface area contributed by atoms with E-state index in [0.29, 0.717) is 0 Å². The van der Waals surface area contributed by atoms with Crippen LogP contribution in [-0.2, 0) is 9.47 Å². The molecule has 232 valence electrons. The first-order valence-electron chi connectivity index (χ1n) is 17.0. The summed E-state index contributed by atoms with van der Waals surface area (Å²) < 4.78 is 12.7. The number of rotatable bonds is 30. The molecular formula is C34H72INO2. The Hall–Kier alpha value is 0.610. The number of quaternary nitrogens is 1. The van der Waals surface area contributed by atoms with E-state index in [0.717, 1.165) is 13.2 Å². The molecule has 0 fully saturated rings. The van der Waals surface area contributed by atoms with E-state index < -0.39 is 0 Å². The fraction of sp³-hybridized carbons (Fsp3) is 1.00. The van der Waals surface area contributed by atoms with E-state index in [4.69, 9.17) is 9.47 Å². The van der Waals surface area contributed by atoms with Gasteiger partial charge < -0.3 is 38.4 Å². The Morgan fingerprint density at radius 3 is 1.11 bits per heavy atom. The summed E-state index contributed by atoms with van der Waals surface area (Å²) in [6, 6.07) is 0. The minimum absolute atomic E-state index is 0. The zero-order chi connectivity index (χ0) is 27.5. The van der Waals surface area contributed by atoms with Gasteiger partial charge in [-0.2, -0.15) is 0 Å². The first kappa shape index (κ1) is 40.7. The second kappa shape index (κ2) is 30.6. The van der Waals surface area contributed by atoms with Crippen LogP contribution in [0.2, 0.25) is 0 Å². The molecule has 0 aliphatic carbocycles. The fourth-order valence-corrected chi connectivity index (χ4v) is 5.26. The smallest absolute Gasteiger partial charge is 0.224 e. The standard InChI is InChI=1S/C34H71NO2.HI/c1-7-9-11-13-15-17-19-21-23-25-27-29-31-36-33(3)34(4,35(5)6)37-32-30-28-26-24-22-20-18-16-14-12-10-8-2;/h33H,7-32H2,1-6H3;1H. The minimum atomic E-state index is -0.269. The lowest BCUT2D eigenvalue weighted by atomic mass is 10.1. The Morgan fingerprint density at radius 1 is 0.500 bits per heavy atom. The first-order chi connectivity index (χ1) is 18.0. The summed E-state index contributed by atoms with van der Waals surface area (Å²) in [6.07, 6.45) is 33.3. The minimum Gasteiger partial charge on any atom is -1.00 e. The molecule has 0 amide bonds. The molecule has 0 spiro atoms. The maximum absolute atomic E-state index is 6.45. The SMILES string of the molecule is CCCCCCCCCCCCCCOC(C)C(C)(OCCCCCCCCCCCCCC)[NH+](C)C.[I-]. The Balaban J connectivity index is 0. The maximum Gasteiger partial charge on any atom is 0.224 e. The van der Waals surface area contributed by atoms with Gasteiger partial charge in [0.2, 0.25) is 5.72 Å². The highest BCUT2D eigenvalue weighted by molar-refractivity contribution is 4.70. The van der Waals surface area contributed by atoms with Gasteiger partial charge >= 0.3 is 0 Å². The number of unbranched alkanes of at least 4 members (excludes halogenated alkanes) is 22. The zero-order valence-corrected chi connectivity index (χ0v) is 29.3. The van der Waals surface area contributed by atoms with Crippen molar-refractivity contribution in [3.8, 4) is 0 Å². The molecule has 0 radical (unpaired) electrons. The van der Waals surface area contributed by atoms with Gasteiger partial charge in [-0.25, -0.2) is 0 Å². The molecule has 0 heterocycles. The summed E-state index contributed by atoms with van der Waals surface area (Å²) in [5.74, 6) is 0. The summed E-state index contributed by atoms with van der Waals surface area (Å²) in [6.45, 7) is 10.7. The highest BCUT2D eigenvalue weighted by Gasteiger charge is 2.39. The van der Waals surface area contributed by atoms with Crippen molar-refractivity contribution in [2.75, 3.05) is 27.3 Å². The van der Waals surface area contributed by atoms with Crippen LogP contribution < -0.4 is 28.9 Å². The summed E-state index contributed by atoms with van der Waals surface area (Å²) in [7, 11) is 4.40. The third-order valence-electron chi connectivity index (χ3n) is 8.53. The fourth-order valence-electron chi connectivity index (χ4n) is 5.26. The average molecular weight is 654 g/mol. The number of hydrogen-bond donors (Lipinski definition) is 1. The van der Waals surface area contributed by atoms with E-state index in [1.807, 2.05) is 0 Å². The summed E-state index contributed by atoms with van der Waals surface area (Å²) in [5.41, 5.74) is -0.269. The molecule has 2 unspecified atom stereocenters. The van der Waals surface area contributed by atoms with Crippen molar-refractivity contribution >= 4 is 0 Å². The molecule has 38 heavy (non-hydrogen) atoms. The second-order valence-corrected chi connectivity index (χ2v) is 12.2. The molecule has 2 atom stereocenters. The van der Waals surface area contributed by atoms with Gasteiger partial charge in [-0.3, -0.25) is 0 Å². The van der Waals surface area contributed by atoms with Crippen LogP contribution in [0.25, 0.3) is 0 Å². The second-order valence-electron chi connectivity index (χ2n) is 12.2. The summed E-state index contributed by atoms with van der Waals surface area (Å²) in [5, 5.41) is 0. The number of ether oxygens (including phenoxy) is 2. The Kier molecular flexibility index (Phi) is 32.8. The molecule has 0 bridgehead atoms. The summed E-state index contributed by atoms with van der Waals surface area (Å²) in [4.78, 5) is 1.33. The Morgan fingerprint density at radius 2 is 0.789 bits per heavy atom.